The molecule has 3 aromatic rings. The van der Waals surface area contributed by atoms with E-state index in [9.17, 15) is 10.1 Å². The van der Waals surface area contributed by atoms with Gasteiger partial charge in [0.25, 0.3) is 5.69 Å². The van der Waals surface area contributed by atoms with Gasteiger partial charge in [0.15, 0.2) is 11.5 Å². The summed E-state index contributed by atoms with van der Waals surface area (Å²) >= 11 is 5.94. The fourth-order valence-corrected chi connectivity index (χ4v) is 2.94. The Balaban J connectivity index is 1.79. The van der Waals surface area contributed by atoms with E-state index in [1.165, 1.54) is 18.5 Å². The normalized spacial score (nSPS) is 10.6. The smallest absolute Gasteiger partial charge is 0.288 e. The number of nitro groups is 1. The highest BCUT2D eigenvalue weighted by molar-refractivity contribution is 6.33. The lowest BCUT2D eigenvalue weighted by molar-refractivity contribution is -0.384. The number of nitrogens with zero attached hydrogens (tertiary/aromatic N) is 3. The molecule has 9 heteroatoms. The minimum absolute atomic E-state index is 0.0440. The van der Waals surface area contributed by atoms with Crippen LogP contribution in [0.5, 0.6) is 11.5 Å². The monoisotopic (exact) mass is 388 g/mol. The van der Waals surface area contributed by atoms with Crippen LogP contribution in [-0.2, 0) is 6.42 Å². The standard InChI is InChI=1S/C18H17ClN4O4/c1-26-16-4-3-11(7-17(16)27-2)5-6-20-18-12-8-15(23(24)25)13(19)9-14(12)21-10-22-18/h3-4,7-10H,5-6H2,1-2H3,(H,20,21,22). The second-order valence-corrected chi connectivity index (χ2v) is 6.07. The number of hydrogen-bond donors (Lipinski definition) is 1. The number of fused-ring (bicyclic) bond motifs is 1. The van der Waals surface area contributed by atoms with Crippen LogP contribution in [0.4, 0.5) is 11.5 Å². The molecule has 0 amide bonds. The summed E-state index contributed by atoms with van der Waals surface area (Å²) < 4.78 is 10.5. The zero-order chi connectivity index (χ0) is 19.4. The van der Waals surface area contributed by atoms with E-state index >= 15 is 0 Å². The number of rotatable bonds is 7. The van der Waals surface area contributed by atoms with Crippen molar-refractivity contribution < 1.29 is 14.4 Å². The van der Waals surface area contributed by atoms with Gasteiger partial charge in [-0.2, -0.15) is 0 Å². The van der Waals surface area contributed by atoms with Crippen molar-refractivity contribution in [3.63, 3.8) is 0 Å². The van der Waals surface area contributed by atoms with Crippen molar-refractivity contribution in [1.29, 1.82) is 0 Å². The van der Waals surface area contributed by atoms with Crippen LogP contribution in [0, 0.1) is 10.1 Å². The molecule has 0 atom stereocenters. The molecule has 8 nitrogen and oxygen atoms in total. The number of halogens is 1. The maximum atomic E-state index is 11.1. The van der Waals surface area contributed by atoms with Gasteiger partial charge in [-0.15, -0.1) is 0 Å². The van der Waals surface area contributed by atoms with E-state index in [0.29, 0.717) is 41.2 Å². The van der Waals surface area contributed by atoms with Crippen molar-refractivity contribution in [2.24, 2.45) is 0 Å². The van der Waals surface area contributed by atoms with Gasteiger partial charge in [0, 0.05) is 18.0 Å². The van der Waals surface area contributed by atoms with Gasteiger partial charge in [-0.3, -0.25) is 10.1 Å². The lowest BCUT2D eigenvalue weighted by atomic mass is 10.1. The Labute approximate surface area is 160 Å². The minimum Gasteiger partial charge on any atom is -0.493 e. The zero-order valence-electron chi connectivity index (χ0n) is 14.7. The highest BCUT2D eigenvalue weighted by Gasteiger charge is 2.16. The Hall–Kier alpha value is -3.13. The molecule has 2 aromatic carbocycles. The van der Waals surface area contributed by atoms with Crippen LogP contribution < -0.4 is 14.8 Å². The molecule has 0 aliphatic carbocycles. The molecule has 0 aliphatic rings. The van der Waals surface area contributed by atoms with Gasteiger partial charge < -0.3 is 14.8 Å². The molecule has 3 rings (SSSR count). The Bertz CT molecular complexity index is 997. The van der Waals surface area contributed by atoms with Crippen LogP contribution in [0.25, 0.3) is 10.9 Å². The number of nitrogens with one attached hydrogen (secondary N) is 1. The molecule has 0 saturated heterocycles. The van der Waals surface area contributed by atoms with E-state index in [2.05, 4.69) is 15.3 Å². The Morgan fingerprint density at radius 2 is 1.93 bits per heavy atom. The Morgan fingerprint density at radius 3 is 2.63 bits per heavy atom. The van der Waals surface area contributed by atoms with Gasteiger partial charge >= 0.3 is 0 Å². The summed E-state index contributed by atoms with van der Waals surface area (Å²) in [5.74, 6) is 1.84. The molecule has 0 bridgehead atoms. The molecule has 0 unspecified atom stereocenters. The highest BCUT2D eigenvalue weighted by atomic mass is 35.5. The third-order valence-electron chi connectivity index (χ3n) is 4.05. The van der Waals surface area contributed by atoms with Gasteiger partial charge in [0.2, 0.25) is 0 Å². The van der Waals surface area contributed by atoms with Crippen molar-refractivity contribution in [1.82, 2.24) is 9.97 Å². The molecule has 1 heterocycles. The molecule has 1 aromatic heterocycles. The number of aromatic nitrogens is 2. The van der Waals surface area contributed by atoms with Gasteiger partial charge in [-0.1, -0.05) is 17.7 Å². The summed E-state index contributed by atoms with van der Waals surface area (Å²) in [6, 6.07) is 8.56. The number of methoxy groups -OCH3 is 2. The first-order valence-electron chi connectivity index (χ1n) is 8.07. The molecule has 0 radical (unpaired) electrons. The summed E-state index contributed by atoms with van der Waals surface area (Å²) in [7, 11) is 3.18. The van der Waals surface area contributed by atoms with Gasteiger partial charge in [-0.05, 0) is 30.2 Å². The lowest BCUT2D eigenvalue weighted by Crippen LogP contribution is -2.07. The van der Waals surface area contributed by atoms with Crippen molar-refractivity contribution in [3.05, 3.63) is 57.4 Å². The van der Waals surface area contributed by atoms with Crippen LogP contribution in [0.3, 0.4) is 0 Å². The average Bonchev–Trinajstić information content (AvgIpc) is 2.67. The fraction of sp³-hybridized carbons (Fsp3) is 0.222. The van der Waals surface area contributed by atoms with Gasteiger partial charge in [-0.25, -0.2) is 9.97 Å². The topological polar surface area (TPSA) is 99.4 Å². The number of benzene rings is 2. The third kappa shape index (κ3) is 4.01. The molecule has 1 N–H and O–H groups in total. The lowest BCUT2D eigenvalue weighted by Gasteiger charge is -2.11. The van der Waals surface area contributed by atoms with Crippen molar-refractivity contribution in [3.8, 4) is 11.5 Å². The van der Waals surface area contributed by atoms with Crippen LogP contribution in [-0.4, -0.2) is 35.7 Å². The summed E-state index contributed by atoms with van der Waals surface area (Å²) in [4.78, 5) is 18.9. The summed E-state index contributed by atoms with van der Waals surface area (Å²) in [6.07, 6.45) is 2.09. The number of ether oxygens (including phenoxy) is 2. The highest BCUT2D eigenvalue weighted by Crippen LogP contribution is 2.31. The quantitative estimate of drug-likeness (QED) is 0.484. The predicted molar refractivity (Wildman–Crippen MR) is 103 cm³/mol. The van der Waals surface area contributed by atoms with E-state index < -0.39 is 4.92 Å². The molecule has 27 heavy (non-hydrogen) atoms. The first-order chi connectivity index (χ1) is 13.0. The van der Waals surface area contributed by atoms with Crippen LogP contribution in [0.2, 0.25) is 5.02 Å². The SMILES string of the molecule is COc1ccc(CCNc2ncnc3cc(Cl)c([N+](=O)[O-])cc23)cc1OC. The molecule has 0 saturated carbocycles. The second-order valence-electron chi connectivity index (χ2n) is 5.67. The van der Waals surface area contributed by atoms with E-state index in [1.807, 2.05) is 18.2 Å². The first kappa shape index (κ1) is 18.7. The summed E-state index contributed by atoms with van der Waals surface area (Å²) in [5, 5.41) is 14.9. The first-order valence-corrected chi connectivity index (χ1v) is 8.44. The maximum Gasteiger partial charge on any atom is 0.288 e. The number of hydrogen-bond acceptors (Lipinski definition) is 7. The van der Waals surface area contributed by atoms with Crippen LogP contribution in [0.15, 0.2) is 36.7 Å². The summed E-state index contributed by atoms with van der Waals surface area (Å²) in [6.45, 7) is 0.567. The van der Waals surface area contributed by atoms with Gasteiger partial charge in [0.05, 0.1) is 24.7 Å². The van der Waals surface area contributed by atoms with E-state index in [4.69, 9.17) is 21.1 Å². The van der Waals surface area contributed by atoms with Gasteiger partial charge in [0.1, 0.15) is 17.2 Å². The Kier molecular flexibility index (Phi) is 5.56. The van der Waals surface area contributed by atoms with Crippen LogP contribution >= 0.6 is 11.6 Å². The zero-order valence-corrected chi connectivity index (χ0v) is 15.5. The van der Waals surface area contributed by atoms with Crippen molar-refractivity contribution >= 4 is 34.0 Å². The average molecular weight is 389 g/mol. The maximum absolute atomic E-state index is 11.1. The van der Waals surface area contributed by atoms with Crippen molar-refractivity contribution in [2.45, 2.75) is 6.42 Å². The summed E-state index contributed by atoms with van der Waals surface area (Å²) in [5.41, 5.74) is 1.41. The van der Waals surface area contributed by atoms with Crippen LogP contribution in [0.1, 0.15) is 5.56 Å². The fourth-order valence-electron chi connectivity index (χ4n) is 2.71. The molecule has 140 valence electrons. The predicted octanol–water partition coefficient (Wildman–Crippen LogP) is 3.86. The molecule has 0 aliphatic heterocycles. The second kappa shape index (κ2) is 8.05. The van der Waals surface area contributed by atoms with E-state index in [-0.39, 0.29) is 10.7 Å². The third-order valence-corrected chi connectivity index (χ3v) is 4.36. The Morgan fingerprint density at radius 1 is 1.15 bits per heavy atom. The molecular weight excluding hydrogens is 372 g/mol. The van der Waals surface area contributed by atoms with E-state index in [1.54, 1.807) is 14.2 Å². The number of nitro benzene ring substituents is 1. The number of anilines is 1. The largest absolute Gasteiger partial charge is 0.493 e. The van der Waals surface area contributed by atoms with E-state index in [0.717, 1.165) is 5.56 Å². The van der Waals surface area contributed by atoms with Crippen molar-refractivity contribution in [2.75, 3.05) is 26.1 Å². The molecular formula is C18H17ClN4O4. The molecule has 0 fully saturated rings. The molecule has 0 spiro atoms. The minimum atomic E-state index is -0.526.